The van der Waals surface area contributed by atoms with E-state index in [1.807, 2.05) is 5.92 Å². The molecule has 0 radical (unpaired) electrons. The van der Waals surface area contributed by atoms with Crippen molar-refractivity contribution >= 4 is 44.3 Å². The van der Waals surface area contributed by atoms with Crippen LogP contribution in [0.15, 0.2) is 46.1 Å². The maximum Gasteiger partial charge on any atom is 0.295 e. The van der Waals surface area contributed by atoms with Gasteiger partial charge in [-0.3, -0.25) is 14.2 Å². The number of hydrogen-bond acceptors (Lipinski definition) is 8. The largest absolute Gasteiger partial charge is 0.496 e. The van der Waals surface area contributed by atoms with E-state index < -0.39 is 15.9 Å². The lowest BCUT2D eigenvalue weighted by Crippen LogP contribution is -2.20. The molecule has 4 aromatic rings. The predicted molar refractivity (Wildman–Crippen MR) is 136 cm³/mol. The monoisotopic (exact) mass is 543 g/mol. The van der Waals surface area contributed by atoms with Crippen LogP contribution in [0.3, 0.4) is 0 Å². The number of fused-ring (bicyclic) bond motifs is 1. The van der Waals surface area contributed by atoms with E-state index in [0.29, 0.717) is 28.8 Å². The number of anilines is 1. The second-order valence-corrected chi connectivity index (χ2v) is 9.99. The Morgan fingerprint density at radius 1 is 1.19 bits per heavy atom. The van der Waals surface area contributed by atoms with Gasteiger partial charge in [0.15, 0.2) is 11.4 Å². The van der Waals surface area contributed by atoms with Gasteiger partial charge in [-0.15, -0.1) is 6.42 Å². The van der Waals surface area contributed by atoms with E-state index in [-0.39, 0.29) is 28.0 Å². The van der Waals surface area contributed by atoms with Gasteiger partial charge in [-0.25, -0.2) is 8.42 Å². The molecular formula is C24H22ClN5O6S. The summed E-state index contributed by atoms with van der Waals surface area (Å²) < 4.78 is 46.7. The van der Waals surface area contributed by atoms with Crippen LogP contribution in [0, 0.1) is 19.3 Å². The topological polar surface area (TPSA) is 138 Å². The number of sulfonamides is 1. The van der Waals surface area contributed by atoms with Crippen molar-refractivity contribution < 1.29 is 27.2 Å². The van der Waals surface area contributed by atoms with Gasteiger partial charge in [0.25, 0.3) is 15.9 Å². The molecule has 0 saturated carbocycles. The van der Waals surface area contributed by atoms with E-state index in [1.54, 1.807) is 36.1 Å². The molecule has 37 heavy (non-hydrogen) atoms. The Labute approximate surface area is 217 Å². The number of terminal acetylenes is 1. The number of carbonyl (C=O) groups is 1. The maximum atomic E-state index is 13.2. The van der Waals surface area contributed by atoms with Crippen molar-refractivity contribution in [2.24, 2.45) is 0 Å². The van der Waals surface area contributed by atoms with Gasteiger partial charge in [-0.2, -0.15) is 5.10 Å². The standard InChI is InChI=1S/C24H22ClN5O6S/c1-5-22(31)26-10-16-11-27-30(13-16)12-15-7-19(35-4)23-20(8-15)36-28-24(23)29-37(32,33)21-9-17(25)14(2)6-18(21)34-3/h1,6-9,11,13H,10,12H2,2-4H3,(H,26,31)(H,28,29). The number of nitrogens with one attached hydrogen (secondary N) is 2. The third-order valence-electron chi connectivity index (χ3n) is 5.40. The molecule has 13 heteroatoms. The number of benzene rings is 2. The SMILES string of the molecule is C#CC(=O)NCc1cnn(Cc2cc(OC)c3c(NS(=O)(=O)c4cc(Cl)c(C)cc4OC)noc3c2)c1. The van der Waals surface area contributed by atoms with Crippen LogP contribution in [0.1, 0.15) is 16.7 Å². The molecule has 0 aliphatic heterocycles. The molecule has 0 bridgehead atoms. The minimum Gasteiger partial charge on any atom is -0.496 e. The summed E-state index contributed by atoms with van der Waals surface area (Å²) in [5.41, 5.74) is 2.48. The number of ether oxygens (including phenoxy) is 2. The summed E-state index contributed by atoms with van der Waals surface area (Å²) in [7, 11) is -1.33. The number of halogens is 1. The van der Waals surface area contributed by atoms with E-state index in [1.165, 1.54) is 26.4 Å². The van der Waals surface area contributed by atoms with Crippen LogP contribution in [-0.4, -0.2) is 43.5 Å². The second kappa shape index (κ2) is 10.4. The first-order chi connectivity index (χ1) is 17.6. The van der Waals surface area contributed by atoms with Gasteiger partial charge in [-0.05, 0) is 48.2 Å². The molecule has 2 N–H and O–H groups in total. The van der Waals surface area contributed by atoms with E-state index in [2.05, 4.69) is 20.3 Å². The first kappa shape index (κ1) is 25.9. The average Bonchev–Trinajstić information content (AvgIpc) is 3.49. The number of aromatic nitrogens is 3. The fraction of sp³-hybridized carbons (Fsp3) is 0.208. The molecule has 2 heterocycles. The number of nitrogens with zero attached hydrogens (tertiary/aromatic N) is 3. The van der Waals surface area contributed by atoms with Crippen LogP contribution >= 0.6 is 11.6 Å². The van der Waals surface area contributed by atoms with Gasteiger partial charge in [0.1, 0.15) is 21.8 Å². The lowest BCUT2D eigenvalue weighted by Gasteiger charge is -2.12. The molecule has 0 saturated heterocycles. The van der Waals surface area contributed by atoms with Crippen LogP contribution in [0.25, 0.3) is 11.0 Å². The molecule has 0 aliphatic carbocycles. The highest BCUT2D eigenvalue weighted by Crippen LogP contribution is 2.36. The van der Waals surface area contributed by atoms with Gasteiger partial charge in [-0.1, -0.05) is 16.8 Å². The first-order valence-corrected chi connectivity index (χ1v) is 12.6. The van der Waals surface area contributed by atoms with Crippen molar-refractivity contribution in [2.45, 2.75) is 24.9 Å². The summed E-state index contributed by atoms with van der Waals surface area (Å²) >= 11 is 6.16. The molecule has 2 aromatic carbocycles. The molecule has 0 atom stereocenters. The van der Waals surface area contributed by atoms with Gasteiger partial charge in [0.05, 0.1) is 27.0 Å². The third kappa shape index (κ3) is 5.47. The highest BCUT2D eigenvalue weighted by molar-refractivity contribution is 7.92. The Morgan fingerprint density at radius 2 is 1.95 bits per heavy atom. The summed E-state index contributed by atoms with van der Waals surface area (Å²) in [6, 6.07) is 6.27. The molecule has 0 aliphatic rings. The number of hydrogen-bond donors (Lipinski definition) is 2. The third-order valence-corrected chi connectivity index (χ3v) is 7.17. The highest BCUT2D eigenvalue weighted by Gasteiger charge is 2.25. The quantitative estimate of drug-likeness (QED) is 0.307. The summed E-state index contributed by atoms with van der Waals surface area (Å²) in [5.74, 6) is 1.90. The normalized spacial score (nSPS) is 11.2. The van der Waals surface area contributed by atoms with Crippen molar-refractivity contribution in [2.75, 3.05) is 18.9 Å². The Balaban J connectivity index is 1.62. The van der Waals surface area contributed by atoms with Crippen LogP contribution in [-0.2, 0) is 27.9 Å². The average molecular weight is 544 g/mol. The molecule has 0 unspecified atom stereocenters. The van der Waals surface area contributed by atoms with Gasteiger partial charge < -0.3 is 19.3 Å². The number of methoxy groups -OCH3 is 2. The van der Waals surface area contributed by atoms with Crippen molar-refractivity contribution in [1.29, 1.82) is 0 Å². The number of amides is 1. The fourth-order valence-electron chi connectivity index (χ4n) is 3.61. The molecule has 1 amide bonds. The molecule has 0 spiro atoms. The summed E-state index contributed by atoms with van der Waals surface area (Å²) in [4.78, 5) is 11.1. The second-order valence-electron chi connectivity index (χ2n) is 7.93. The van der Waals surface area contributed by atoms with E-state index >= 15 is 0 Å². The van der Waals surface area contributed by atoms with E-state index in [4.69, 9.17) is 32.0 Å². The summed E-state index contributed by atoms with van der Waals surface area (Å²) in [5, 5.41) is 11.4. The lowest BCUT2D eigenvalue weighted by molar-refractivity contribution is -0.115. The van der Waals surface area contributed by atoms with E-state index in [9.17, 15) is 13.2 Å². The van der Waals surface area contributed by atoms with Crippen molar-refractivity contribution in [3.05, 3.63) is 58.4 Å². The van der Waals surface area contributed by atoms with Gasteiger partial charge in [0.2, 0.25) is 0 Å². The zero-order valence-electron chi connectivity index (χ0n) is 20.0. The van der Waals surface area contributed by atoms with Gasteiger partial charge in [0, 0.05) is 23.3 Å². The van der Waals surface area contributed by atoms with Crippen molar-refractivity contribution in [3.63, 3.8) is 0 Å². The van der Waals surface area contributed by atoms with Crippen molar-refractivity contribution in [3.8, 4) is 23.8 Å². The zero-order chi connectivity index (χ0) is 26.7. The predicted octanol–water partition coefficient (Wildman–Crippen LogP) is 3.10. The number of carbonyl (C=O) groups excluding carboxylic acids is 1. The van der Waals surface area contributed by atoms with Crippen LogP contribution in [0.2, 0.25) is 5.02 Å². The smallest absolute Gasteiger partial charge is 0.295 e. The minimum atomic E-state index is -4.15. The maximum absolute atomic E-state index is 13.2. The Hall–Kier alpha value is -4.21. The van der Waals surface area contributed by atoms with Gasteiger partial charge >= 0.3 is 0 Å². The van der Waals surface area contributed by atoms with Crippen LogP contribution < -0.4 is 19.5 Å². The summed E-state index contributed by atoms with van der Waals surface area (Å²) in [6.45, 7) is 2.33. The first-order valence-electron chi connectivity index (χ1n) is 10.7. The lowest BCUT2D eigenvalue weighted by atomic mass is 10.1. The fourth-order valence-corrected chi connectivity index (χ4v) is 5.02. The minimum absolute atomic E-state index is 0.0530. The molecular weight excluding hydrogens is 522 g/mol. The Kier molecular flexibility index (Phi) is 7.28. The molecule has 192 valence electrons. The Bertz CT molecular complexity index is 1640. The van der Waals surface area contributed by atoms with Crippen LogP contribution in [0.4, 0.5) is 5.82 Å². The highest BCUT2D eigenvalue weighted by atomic mass is 35.5. The molecule has 4 rings (SSSR count). The molecule has 2 aromatic heterocycles. The Morgan fingerprint density at radius 3 is 2.65 bits per heavy atom. The van der Waals surface area contributed by atoms with E-state index in [0.717, 1.165) is 11.1 Å². The summed E-state index contributed by atoms with van der Waals surface area (Å²) in [6.07, 6.45) is 8.42. The molecule has 11 nitrogen and oxygen atoms in total. The molecule has 0 fully saturated rings. The number of rotatable bonds is 9. The zero-order valence-corrected chi connectivity index (χ0v) is 21.6. The van der Waals surface area contributed by atoms with Crippen molar-refractivity contribution in [1.82, 2.24) is 20.3 Å². The number of aryl methyl sites for hydroxylation is 1. The van der Waals surface area contributed by atoms with Crippen LogP contribution in [0.5, 0.6) is 11.5 Å².